The number of nitrogens with zero attached hydrogens (tertiary/aromatic N) is 4. The van der Waals surface area contributed by atoms with E-state index in [4.69, 9.17) is 4.74 Å². The monoisotopic (exact) mass is 363 g/mol. The molecule has 1 aliphatic heterocycles. The van der Waals surface area contributed by atoms with Crippen LogP contribution in [0.3, 0.4) is 0 Å². The van der Waals surface area contributed by atoms with Crippen molar-refractivity contribution >= 4 is 6.03 Å². The molecule has 1 saturated heterocycles. The third-order valence-electron chi connectivity index (χ3n) is 5.74. The van der Waals surface area contributed by atoms with E-state index in [1.165, 1.54) is 5.56 Å². The molecule has 2 amide bonds. The quantitative estimate of drug-likeness (QED) is 0.803. The largest absolute Gasteiger partial charge is 0.379 e. The minimum Gasteiger partial charge on any atom is -0.379 e. The summed E-state index contributed by atoms with van der Waals surface area (Å²) in [4.78, 5) is 17.2. The first kappa shape index (κ1) is 19.2. The molecule has 1 aliphatic carbocycles. The number of morpholine rings is 1. The molecule has 0 spiro atoms. The molecule has 0 radical (unpaired) electrons. The lowest BCUT2D eigenvalue weighted by Gasteiger charge is -2.32. The Labute approximate surface area is 156 Å². The zero-order valence-corrected chi connectivity index (χ0v) is 16.6. The van der Waals surface area contributed by atoms with Gasteiger partial charge >= 0.3 is 6.03 Å². The Morgan fingerprint density at radius 3 is 2.62 bits per heavy atom. The number of aromatic nitrogens is 2. The number of hydrogen-bond acceptors (Lipinski definition) is 4. The number of amides is 2. The lowest BCUT2D eigenvalue weighted by atomic mass is 10.2. The minimum atomic E-state index is 0.0596. The third kappa shape index (κ3) is 4.57. The number of nitrogens with one attached hydrogen (secondary N) is 1. The van der Waals surface area contributed by atoms with Crippen molar-refractivity contribution in [2.45, 2.75) is 58.7 Å². The average Bonchev–Trinajstić information content (AvgIpc) is 3.43. The first-order chi connectivity index (χ1) is 12.5. The Hall–Kier alpha value is -1.60. The molecule has 1 aromatic heterocycles. The maximum Gasteiger partial charge on any atom is 0.317 e. The van der Waals surface area contributed by atoms with E-state index in [-0.39, 0.29) is 6.03 Å². The highest BCUT2D eigenvalue weighted by molar-refractivity contribution is 5.75. The predicted molar refractivity (Wildman–Crippen MR) is 101 cm³/mol. The van der Waals surface area contributed by atoms with Gasteiger partial charge in [-0.3, -0.25) is 9.58 Å². The van der Waals surface area contributed by atoms with Gasteiger partial charge in [-0.15, -0.1) is 0 Å². The summed E-state index contributed by atoms with van der Waals surface area (Å²) in [6, 6.07) is 0.909. The van der Waals surface area contributed by atoms with Gasteiger partial charge in [0.2, 0.25) is 0 Å². The number of carbonyl (C=O) groups is 1. The van der Waals surface area contributed by atoms with Crippen LogP contribution >= 0.6 is 0 Å². The zero-order chi connectivity index (χ0) is 18.7. The molecule has 0 aromatic carbocycles. The van der Waals surface area contributed by atoms with Crippen LogP contribution in [0.2, 0.25) is 0 Å². The molecule has 0 unspecified atom stereocenters. The molecule has 1 saturated carbocycles. The summed E-state index contributed by atoms with van der Waals surface area (Å²) in [7, 11) is 1.96. The molecular weight excluding hydrogens is 330 g/mol. The van der Waals surface area contributed by atoms with Gasteiger partial charge in [-0.2, -0.15) is 5.10 Å². The lowest BCUT2D eigenvalue weighted by Crippen LogP contribution is -2.45. The number of urea groups is 1. The summed E-state index contributed by atoms with van der Waals surface area (Å²) in [5, 5.41) is 7.62. The van der Waals surface area contributed by atoms with Gasteiger partial charge in [-0.25, -0.2) is 4.79 Å². The van der Waals surface area contributed by atoms with Crippen molar-refractivity contribution in [1.29, 1.82) is 0 Å². The van der Waals surface area contributed by atoms with Gasteiger partial charge in [0, 0.05) is 50.0 Å². The highest BCUT2D eigenvalue weighted by Gasteiger charge is 2.33. The van der Waals surface area contributed by atoms with E-state index in [1.807, 2.05) is 23.6 Å². The molecule has 2 fully saturated rings. The summed E-state index contributed by atoms with van der Waals surface area (Å²) in [6.45, 7) is 11.3. The highest BCUT2D eigenvalue weighted by Crippen LogP contribution is 2.29. The van der Waals surface area contributed by atoms with Gasteiger partial charge in [-0.1, -0.05) is 0 Å². The van der Waals surface area contributed by atoms with Crippen molar-refractivity contribution in [2.75, 3.05) is 32.8 Å². The second-order valence-corrected chi connectivity index (χ2v) is 7.65. The Morgan fingerprint density at radius 2 is 2.04 bits per heavy atom. The van der Waals surface area contributed by atoms with E-state index in [0.29, 0.717) is 25.2 Å². The van der Waals surface area contributed by atoms with E-state index >= 15 is 0 Å². The predicted octanol–water partition coefficient (Wildman–Crippen LogP) is 1.82. The second kappa shape index (κ2) is 8.39. The highest BCUT2D eigenvalue weighted by atomic mass is 16.5. The van der Waals surface area contributed by atoms with E-state index in [9.17, 15) is 4.79 Å². The molecule has 26 heavy (non-hydrogen) atoms. The molecule has 1 N–H and O–H groups in total. The van der Waals surface area contributed by atoms with Crippen molar-refractivity contribution in [3.05, 3.63) is 17.0 Å². The van der Waals surface area contributed by atoms with Crippen molar-refractivity contribution in [1.82, 2.24) is 24.9 Å². The van der Waals surface area contributed by atoms with Crippen LogP contribution in [0.4, 0.5) is 4.79 Å². The molecule has 7 nitrogen and oxygen atoms in total. The number of ether oxygens (including phenoxy) is 1. The van der Waals surface area contributed by atoms with Gasteiger partial charge in [0.25, 0.3) is 0 Å². The molecular formula is C19H33N5O2. The van der Waals surface area contributed by atoms with E-state index in [1.54, 1.807) is 0 Å². The Balaban J connectivity index is 1.51. The molecule has 2 heterocycles. The number of rotatable bonds is 7. The van der Waals surface area contributed by atoms with E-state index in [0.717, 1.165) is 57.0 Å². The van der Waals surface area contributed by atoms with E-state index in [2.05, 4.69) is 29.2 Å². The molecule has 1 aromatic rings. The summed E-state index contributed by atoms with van der Waals surface area (Å²) in [5.74, 6) is 0. The van der Waals surface area contributed by atoms with E-state index < -0.39 is 0 Å². The Kier molecular flexibility index (Phi) is 6.19. The first-order valence-electron chi connectivity index (χ1n) is 9.82. The fourth-order valence-electron chi connectivity index (χ4n) is 3.66. The molecule has 0 bridgehead atoms. The summed E-state index contributed by atoms with van der Waals surface area (Å²) in [6.07, 6.45) is 3.18. The fourth-order valence-corrected chi connectivity index (χ4v) is 3.66. The van der Waals surface area contributed by atoms with Crippen molar-refractivity contribution in [3.8, 4) is 0 Å². The SMILES string of the molecule is Cc1nn(C)c(C)c1CN(C(=O)NCC[C@H](C)N1CCOCC1)C1CC1. The second-order valence-electron chi connectivity index (χ2n) is 7.65. The number of aryl methyl sites for hydroxylation is 2. The van der Waals surface area contributed by atoms with Crippen molar-refractivity contribution < 1.29 is 9.53 Å². The fraction of sp³-hybridized carbons (Fsp3) is 0.789. The van der Waals surface area contributed by atoms with Gasteiger partial charge in [0.1, 0.15) is 0 Å². The molecule has 3 rings (SSSR count). The minimum absolute atomic E-state index is 0.0596. The van der Waals surface area contributed by atoms with Crippen LogP contribution in [0, 0.1) is 13.8 Å². The van der Waals surface area contributed by atoms with Crippen LogP contribution in [-0.2, 0) is 18.3 Å². The van der Waals surface area contributed by atoms with Gasteiger partial charge in [0.05, 0.1) is 25.5 Å². The summed E-state index contributed by atoms with van der Waals surface area (Å²) < 4.78 is 7.31. The van der Waals surface area contributed by atoms with Crippen LogP contribution in [0.5, 0.6) is 0 Å². The zero-order valence-electron chi connectivity index (χ0n) is 16.6. The first-order valence-corrected chi connectivity index (χ1v) is 9.82. The Morgan fingerprint density at radius 1 is 1.35 bits per heavy atom. The van der Waals surface area contributed by atoms with Crippen molar-refractivity contribution in [2.24, 2.45) is 7.05 Å². The maximum atomic E-state index is 12.8. The normalized spacial score (nSPS) is 19.4. The standard InChI is InChI=1S/C19H33N5O2/c1-14(23-9-11-26-12-10-23)7-8-20-19(25)24(17-5-6-17)13-18-15(2)21-22(4)16(18)3/h14,17H,5-13H2,1-4H3,(H,20,25)/t14-/m0/s1. The van der Waals surface area contributed by atoms with Crippen molar-refractivity contribution in [3.63, 3.8) is 0 Å². The smallest absolute Gasteiger partial charge is 0.317 e. The molecule has 1 atom stereocenters. The molecule has 2 aliphatic rings. The van der Waals surface area contributed by atoms with Crippen LogP contribution in [0.15, 0.2) is 0 Å². The third-order valence-corrected chi connectivity index (χ3v) is 5.74. The van der Waals surface area contributed by atoms with Gasteiger partial charge in [0.15, 0.2) is 0 Å². The molecule has 7 heteroatoms. The maximum absolute atomic E-state index is 12.8. The van der Waals surface area contributed by atoms with Crippen LogP contribution in [0.1, 0.15) is 43.1 Å². The lowest BCUT2D eigenvalue weighted by molar-refractivity contribution is 0.0188. The van der Waals surface area contributed by atoms with Gasteiger partial charge < -0.3 is 15.0 Å². The topological polar surface area (TPSA) is 62.6 Å². The van der Waals surface area contributed by atoms with Crippen LogP contribution in [-0.4, -0.2) is 70.5 Å². The van der Waals surface area contributed by atoms with Crippen LogP contribution in [0.25, 0.3) is 0 Å². The average molecular weight is 364 g/mol. The van der Waals surface area contributed by atoms with Gasteiger partial charge in [-0.05, 0) is 40.0 Å². The van der Waals surface area contributed by atoms with Crippen LogP contribution < -0.4 is 5.32 Å². The Bertz CT molecular complexity index is 620. The number of hydrogen-bond donors (Lipinski definition) is 1. The molecule has 146 valence electrons. The summed E-state index contributed by atoms with van der Waals surface area (Å²) >= 11 is 0. The number of carbonyl (C=O) groups excluding carboxylic acids is 1. The summed E-state index contributed by atoms with van der Waals surface area (Å²) in [5.41, 5.74) is 3.34.